The number of aryl methyl sites for hydroxylation is 1. The van der Waals surface area contributed by atoms with Crippen molar-refractivity contribution in [1.29, 1.82) is 0 Å². The third kappa shape index (κ3) is 4.26. The summed E-state index contributed by atoms with van der Waals surface area (Å²) in [5, 5.41) is 6.20. The Morgan fingerprint density at radius 2 is 1.81 bits per heavy atom. The van der Waals surface area contributed by atoms with Gasteiger partial charge < -0.3 is 20.9 Å². The summed E-state index contributed by atoms with van der Waals surface area (Å²) in [6, 6.07) is 16.2. The van der Waals surface area contributed by atoms with Crippen LogP contribution in [0.25, 0.3) is 11.0 Å². The van der Waals surface area contributed by atoms with Crippen LogP contribution in [0.4, 0.5) is 15.8 Å². The molecule has 162 valence electrons. The van der Waals surface area contributed by atoms with Gasteiger partial charge in [-0.1, -0.05) is 23.7 Å². The lowest BCUT2D eigenvalue weighted by Gasteiger charge is -2.08. The number of halogens is 2. The molecule has 0 saturated carbocycles. The Hall–Kier alpha value is -3.91. The number of para-hydroxylation sites is 1. The fourth-order valence-electron chi connectivity index (χ4n) is 3.29. The molecule has 0 fully saturated rings. The van der Waals surface area contributed by atoms with E-state index in [1.165, 1.54) is 12.1 Å². The number of nitrogens with one attached hydrogen (secondary N) is 2. The van der Waals surface area contributed by atoms with E-state index in [0.717, 1.165) is 11.6 Å². The molecule has 1 heterocycles. The lowest BCUT2D eigenvalue weighted by molar-refractivity contribution is 0.0997. The first kappa shape index (κ1) is 21.3. The van der Waals surface area contributed by atoms with Gasteiger partial charge in [0.2, 0.25) is 5.91 Å². The first-order chi connectivity index (χ1) is 15.3. The molecule has 4 rings (SSSR count). The van der Waals surface area contributed by atoms with E-state index in [9.17, 15) is 14.0 Å². The van der Waals surface area contributed by atoms with E-state index >= 15 is 0 Å². The van der Waals surface area contributed by atoms with Crippen molar-refractivity contribution < 1.29 is 14.0 Å². The molecule has 0 aliphatic rings. The fourth-order valence-corrected chi connectivity index (χ4v) is 3.48. The second kappa shape index (κ2) is 8.68. The number of fused-ring (bicyclic) bond motifs is 1. The number of rotatable bonds is 6. The fraction of sp³-hybridized carbons (Fsp3) is 0.0870. The van der Waals surface area contributed by atoms with Crippen LogP contribution in [0.3, 0.4) is 0 Å². The summed E-state index contributed by atoms with van der Waals surface area (Å²) in [4.78, 5) is 28.4. The van der Waals surface area contributed by atoms with Crippen molar-refractivity contribution in [3.63, 3.8) is 0 Å². The molecule has 9 heteroatoms. The van der Waals surface area contributed by atoms with E-state index in [2.05, 4.69) is 15.6 Å². The van der Waals surface area contributed by atoms with Gasteiger partial charge in [0.05, 0.1) is 34.0 Å². The van der Waals surface area contributed by atoms with Crippen molar-refractivity contribution in [2.75, 3.05) is 10.6 Å². The number of hydrogen-bond donors (Lipinski definition) is 3. The molecule has 4 aromatic rings. The van der Waals surface area contributed by atoms with Gasteiger partial charge in [0.15, 0.2) is 0 Å². The zero-order valence-corrected chi connectivity index (χ0v) is 17.8. The van der Waals surface area contributed by atoms with Gasteiger partial charge >= 0.3 is 0 Å². The molecule has 7 nitrogen and oxygen atoms in total. The van der Waals surface area contributed by atoms with Gasteiger partial charge in [0.1, 0.15) is 11.6 Å². The molecular weight excluding hydrogens is 433 g/mol. The molecule has 1 aromatic heterocycles. The second-order valence-electron chi connectivity index (χ2n) is 7.14. The van der Waals surface area contributed by atoms with Crippen molar-refractivity contribution in [1.82, 2.24) is 9.55 Å². The van der Waals surface area contributed by atoms with Gasteiger partial charge in [0.25, 0.3) is 5.91 Å². The number of carbonyl (C=O) groups is 2. The molecule has 2 amide bonds. The maximum Gasteiger partial charge on any atom is 0.255 e. The summed E-state index contributed by atoms with van der Waals surface area (Å²) < 4.78 is 16.1. The van der Waals surface area contributed by atoms with E-state index in [4.69, 9.17) is 17.3 Å². The summed E-state index contributed by atoms with van der Waals surface area (Å²) >= 11 is 6.11. The Balaban J connectivity index is 1.53. The van der Waals surface area contributed by atoms with Crippen LogP contribution in [-0.2, 0) is 13.6 Å². The van der Waals surface area contributed by atoms with Crippen LogP contribution >= 0.6 is 11.6 Å². The number of amides is 2. The van der Waals surface area contributed by atoms with Crippen LogP contribution in [0.1, 0.15) is 26.5 Å². The minimum absolute atomic E-state index is 0.0957. The van der Waals surface area contributed by atoms with Gasteiger partial charge in [-0.05, 0) is 48.5 Å². The summed E-state index contributed by atoms with van der Waals surface area (Å²) in [6.07, 6.45) is 0. The number of benzene rings is 3. The smallest absolute Gasteiger partial charge is 0.255 e. The highest BCUT2D eigenvalue weighted by atomic mass is 35.5. The lowest BCUT2D eigenvalue weighted by Crippen LogP contribution is -2.12. The first-order valence-corrected chi connectivity index (χ1v) is 10.1. The van der Waals surface area contributed by atoms with Crippen LogP contribution in [0.5, 0.6) is 0 Å². The highest BCUT2D eigenvalue weighted by Gasteiger charge is 2.14. The van der Waals surface area contributed by atoms with Crippen LogP contribution < -0.4 is 16.4 Å². The molecule has 0 radical (unpaired) electrons. The summed E-state index contributed by atoms with van der Waals surface area (Å²) in [6.45, 7) is 0.235. The van der Waals surface area contributed by atoms with E-state index in [1.54, 1.807) is 42.5 Å². The number of carbonyl (C=O) groups excluding carboxylic acids is 2. The molecule has 0 bridgehead atoms. The number of hydrogen-bond acceptors (Lipinski definition) is 4. The molecule has 0 saturated heterocycles. The Kier molecular flexibility index (Phi) is 5.79. The highest BCUT2D eigenvalue weighted by Crippen LogP contribution is 2.23. The zero-order chi connectivity index (χ0) is 22.8. The number of aromatic nitrogens is 2. The molecular formula is C23H19ClFN5O2. The molecule has 0 spiro atoms. The molecule has 0 aliphatic heterocycles. The normalized spacial score (nSPS) is 10.8. The maximum absolute atomic E-state index is 14.2. The summed E-state index contributed by atoms with van der Waals surface area (Å²) in [5.41, 5.74) is 7.89. The molecule has 0 unspecified atom stereocenters. The van der Waals surface area contributed by atoms with E-state index in [1.807, 2.05) is 11.6 Å². The van der Waals surface area contributed by atoms with Crippen LogP contribution in [0.15, 0.2) is 60.7 Å². The van der Waals surface area contributed by atoms with Crippen molar-refractivity contribution in [2.24, 2.45) is 12.8 Å². The predicted molar refractivity (Wildman–Crippen MR) is 122 cm³/mol. The average molecular weight is 452 g/mol. The largest absolute Gasteiger partial charge is 0.375 e. The van der Waals surface area contributed by atoms with Gasteiger partial charge in [-0.25, -0.2) is 9.37 Å². The van der Waals surface area contributed by atoms with Crippen molar-refractivity contribution in [3.8, 4) is 0 Å². The third-order valence-corrected chi connectivity index (χ3v) is 5.38. The number of primary amides is 1. The molecule has 4 N–H and O–H groups in total. The van der Waals surface area contributed by atoms with E-state index in [0.29, 0.717) is 27.6 Å². The monoisotopic (exact) mass is 451 g/mol. The number of imidazole rings is 1. The topological polar surface area (TPSA) is 102 Å². The van der Waals surface area contributed by atoms with Gasteiger partial charge in [-0.2, -0.15) is 0 Å². The maximum atomic E-state index is 14.2. The third-order valence-electron chi connectivity index (χ3n) is 5.05. The van der Waals surface area contributed by atoms with Gasteiger partial charge in [-0.15, -0.1) is 0 Å². The quantitative estimate of drug-likeness (QED) is 0.406. The molecule has 3 aromatic carbocycles. The average Bonchev–Trinajstić information content (AvgIpc) is 3.09. The molecule has 0 atom stereocenters. The number of nitrogens with two attached hydrogens (primary N) is 1. The zero-order valence-electron chi connectivity index (χ0n) is 17.0. The SMILES string of the molecule is Cn1c(CNc2ccc(C(N)=O)cc2F)nc2cc(C(=O)Nc3ccccc3Cl)ccc21. The van der Waals surface area contributed by atoms with Crippen molar-refractivity contribution in [3.05, 3.63) is 88.5 Å². The van der Waals surface area contributed by atoms with Crippen LogP contribution in [0.2, 0.25) is 5.02 Å². The van der Waals surface area contributed by atoms with E-state index in [-0.39, 0.29) is 23.7 Å². The van der Waals surface area contributed by atoms with E-state index < -0.39 is 11.7 Å². The minimum Gasteiger partial charge on any atom is -0.375 e. The lowest BCUT2D eigenvalue weighted by atomic mass is 10.2. The van der Waals surface area contributed by atoms with Crippen molar-refractivity contribution >= 4 is 45.8 Å². The summed E-state index contributed by atoms with van der Waals surface area (Å²) in [7, 11) is 1.84. The highest BCUT2D eigenvalue weighted by molar-refractivity contribution is 6.33. The van der Waals surface area contributed by atoms with Gasteiger partial charge in [0, 0.05) is 18.2 Å². The molecule has 32 heavy (non-hydrogen) atoms. The predicted octanol–water partition coefficient (Wildman–Crippen LogP) is 4.33. The van der Waals surface area contributed by atoms with Crippen molar-refractivity contribution in [2.45, 2.75) is 6.54 Å². The van der Waals surface area contributed by atoms with Crippen LogP contribution in [-0.4, -0.2) is 21.4 Å². The Morgan fingerprint density at radius 1 is 1.06 bits per heavy atom. The van der Waals surface area contributed by atoms with Crippen LogP contribution in [0, 0.1) is 5.82 Å². The number of nitrogens with zero attached hydrogens (tertiary/aromatic N) is 2. The standard InChI is InChI=1S/C23H19ClFN5O2/c1-30-20-9-7-14(23(32)29-17-5-3-2-4-15(17)24)11-19(20)28-21(30)12-27-18-8-6-13(22(26)31)10-16(18)25/h2-11,27H,12H2,1H3,(H2,26,31)(H,29,32). The first-order valence-electron chi connectivity index (χ1n) is 9.68. The van der Waals surface area contributed by atoms with Gasteiger partial charge in [-0.3, -0.25) is 9.59 Å². The Morgan fingerprint density at radius 3 is 2.53 bits per heavy atom. The Labute approximate surface area is 188 Å². The Bertz CT molecular complexity index is 1350. The summed E-state index contributed by atoms with van der Waals surface area (Å²) in [5.74, 6) is -0.942. The molecule has 0 aliphatic carbocycles. The second-order valence-corrected chi connectivity index (χ2v) is 7.54. The number of anilines is 2. The minimum atomic E-state index is -0.694.